The first-order valence-electron chi connectivity index (χ1n) is 5.64. The maximum atomic E-state index is 12.0. The topological polar surface area (TPSA) is 64.3 Å². The molecule has 4 nitrogen and oxygen atoms in total. The average Bonchev–Trinajstić information content (AvgIpc) is 2.36. The van der Waals surface area contributed by atoms with Crippen LogP contribution in [0.3, 0.4) is 0 Å². The minimum Gasteiger partial charge on any atom is -0.380 e. The third kappa shape index (κ3) is 4.29. The maximum Gasteiger partial charge on any atom is 0.244 e. The van der Waals surface area contributed by atoms with Crippen molar-refractivity contribution in [2.24, 2.45) is 5.73 Å². The number of nitrogens with one attached hydrogen (secondary N) is 1. The Morgan fingerprint density at radius 3 is 2.50 bits per heavy atom. The molecule has 2 unspecified atom stereocenters. The largest absolute Gasteiger partial charge is 0.380 e. The summed E-state index contributed by atoms with van der Waals surface area (Å²) in [7, 11) is 1.61. The fourth-order valence-electron chi connectivity index (χ4n) is 1.42. The van der Waals surface area contributed by atoms with Crippen LogP contribution in [0.15, 0.2) is 30.3 Å². The van der Waals surface area contributed by atoms with Gasteiger partial charge >= 0.3 is 0 Å². The molecule has 0 aliphatic heterocycles. The first-order chi connectivity index (χ1) is 7.98. The number of ether oxygens (including phenoxy) is 1. The van der Waals surface area contributed by atoms with Gasteiger partial charge in [0, 0.05) is 13.7 Å². The van der Waals surface area contributed by atoms with Gasteiger partial charge in [-0.3, -0.25) is 4.79 Å². The van der Waals surface area contributed by atoms with Crippen molar-refractivity contribution in [2.45, 2.75) is 25.5 Å². The molecule has 0 spiro atoms. The number of benzene rings is 1. The third-order valence-corrected chi connectivity index (χ3v) is 2.80. The van der Waals surface area contributed by atoms with Gasteiger partial charge in [0.15, 0.2) is 0 Å². The number of nitrogens with two attached hydrogens (primary N) is 1. The molecule has 0 saturated carbocycles. The summed E-state index contributed by atoms with van der Waals surface area (Å²) < 4.78 is 5.06. The zero-order valence-electron chi connectivity index (χ0n) is 11.0. The fraction of sp³-hybridized carbons (Fsp3) is 0.462. The van der Waals surface area contributed by atoms with Gasteiger partial charge in [-0.2, -0.15) is 0 Å². The van der Waals surface area contributed by atoms with Crippen molar-refractivity contribution < 1.29 is 9.53 Å². The number of amides is 1. The van der Waals surface area contributed by atoms with Crippen LogP contribution in [-0.2, 0) is 15.1 Å². The molecule has 0 saturated heterocycles. The summed E-state index contributed by atoms with van der Waals surface area (Å²) in [5.41, 5.74) is 5.83. The molecule has 102 valence electrons. The first kappa shape index (κ1) is 16.9. The zero-order chi connectivity index (χ0) is 12.9. The van der Waals surface area contributed by atoms with Crippen LogP contribution in [0.5, 0.6) is 0 Å². The standard InChI is InChI=1S/C13H20N2O2.ClH/c1-10(17-3)9-15-12(16)13(2,14)11-7-5-4-6-8-11;/h4-8,10H,9,14H2,1-3H3,(H,15,16);1H. The molecule has 5 heteroatoms. The van der Waals surface area contributed by atoms with Gasteiger partial charge < -0.3 is 15.8 Å². The van der Waals surface area contributed by atoms with E-state index in [9.17, 15) is 4.79 Å². The van der Waals surface area contributed by atoms with Gasteiger partial charge in [-0.15, -0.1) is 12.4 Å². The van der Waals surface area contributed by atoms with Crippen LogP contribution < -0.4 is 11.1 Å². The highest BCUT2D eigenvalue weighted by Gasteiger charge is 2.30. The fourth-order valence-corrected chi connectivity index (χ4v) is 1.42. The second-order valence-corrected chi connectivity index (χ2v) is 4.32. The highest BCUT2D eigenvalue weighted by atomic mass is 35.5. The van der Waals surface area contributed by atoms with Crippen molar-refractivity contribution in [3.05, 3.63) is 35.9 Å². The van der Waals surface area contributed by atoms with Crippen molar-refractivity contribution in [2.75, 3.05) is 13.7 Å². The van der Waals surface area contributed by atoms with Crippen LogP contribution in [0, 0.1) is 0 Å². The molecule has 0 aliphatic carbocycles. The van der Waals surface area contributed by atoms with E-state index < -0.39 is 5.54 Å². The van der Waals surface area contributed by atoms with Gasteiger partial charge in [-0.05, 0) is 19.4 Å². The van der Waals surface area contributed by atoms with E-state index in [-0.39, 0.29) is 24.4 Å². The molecule has 1 aromatic carbocycles. The quantitative estimate of drug-likeness (QED) is 0.852. The van der Waals surface area contributed by atoms with E-state index in [1.165, 1.54) is 0 Å². The number of carbonyl (C=O) groups excluding carboxylic acids is 1. The normalized spacial score (nSPS) is 15.1. The third-order valence-electron chi connectivity index (χ3n) is 2.80. The van der Waals surface area contributed by atoms with Crippen molar-refractivity contribution >= 4 is 18.3 Å². The summed E-state index contributed by atoms with van der Waals surface area (Å²) in [4.78, 5) is 12.0. The van der Waals surface area contributed by atoms with Gasteiger partial charge in [0.05, 0.1) is 6.10 Å². The van der Waals surface area contributed by atoms with Gasteiger partial charge in [-0.1, -0.05) is 30.3 Å². The lowest BCUT2D eigenvalue weighted by molar-refractivity contribution is -0.126. The molecule has 0 aromatic heterocycles. The lowest BCUT2D eigenvalue weighted by Crippen LogP contribution is -2.50. The summed E-state index contributed by atoms with van der Waals surface area (Å²) >= 11 is 0. The number of hydrogen-bond acceptors (Lipinski definition) is 3. The predicted molar refractivity (Wildman–Crippen MR) is 74.7 cm³/mol. The number of carbonyl (C=O) groups is 1. The summed E-state index contributed by atoms with van der Waals surface area (Å²) in [5.74, 6) is -0.201. The summed E-state index contributed by atoms with van der Waals surface area (Å²) in [6.07, 6.45) is -0.0227. The van der Waals surface area contributed by atoms with E-state index in [2.05, 4.69) is 5.32 Å². The Hall–Kier alpha value is -1.10. The molecule has 2 atom stereocenters. The van der Waals surface area contributed by atoms with E-state index in [0.717, 1.165) is 5.56 Å². The van der Waals surface area contributed by atoms with Gasteiger partial charge in [0.2, 0.25) is 5.91 Å². The number of hydrogen-bond donors (Lipinski definition) is 2. The van der Waals surface area contributed by atoms with Gasteiger partial charge in [-0.25, -0.2) is 0 Å². The van der Waals surface area contributed by atoms with Crippen LogP contribution >= 0.6 is 12.4 Å². The van der Waals surface area contributed by atoms with Crippen LogP contribution in [0.4, 0.5) is 0 Å². The molecule has 18 heavy (non-hydrogen) atoms. The Balaban J connectivity index is 0.00000289. The average molecular weight is 273 g/mol. The molecular formula is C13H21ClN2O2. The molecule has 0 fully saturated rings. The maximum absolute atomic E-state index is 12.0. The van der Waals surface area contributed by atoms with Gasteiger partial charge in [0.25, 0.3) is 0 Å². The van der Waals surface area contributed by atoms with Crippen molar-refractivity contribution in [3.63, 3.8) is 0 Å². The zero-order valence-corrected chi connectivity index (χ0v) is 11.8. The molecule has 0 heterocycles. The number of halogens is 1. The summed E-state index contributed by atoms with van der Waals surface area (Å²) in [6, 6.07) is 9.32. The van der Waals surface area contributed by atoms with E-state index in [0.29, 0.717) is 6.54 Å². The van der Waals surface area contributed by atoms with Crippen LogP contribution in [0.1, 0.15) is 19.4 Å². The minimum absolute atomic E-state index is 0. The Morgan fingerprint density at radius 1 is 1.44 bits per heavy atom. The molecule has 3 N–H and O–H groups in total. The van der Waals surface area contributed by atoms with E-state index in [4.69, 9.17) is 10.5 Å². The Kier molecular flexibility index (Phi) is 6.91. The summed E-state index contributed by atoms with van der Waals surface area (Å²) in [6.45, 7) is 4.04. The Labute approximate surface area is 114 Å². The van der Waals surface area contributed by atoms with E-state index in [1.54, 1.807) is 14.0 Å². The highest BCUT2D eigenvalue weighted by molar-refractivity contribution is 5.87. The van der Waals surface area contributed by atoms with Crippen molar-refractivity contribution in [3.8, 4) is 0 Å². The lowest BCUT2D eigenvalue weighted by Gasteiger charge is -2.24. The Bertz CT molecular complexity index is 369. The number of rotatable bonds is 5. The second-order valence-electron chi connectivity index (χ2n) is 4.32. The van der Waals surface area contributed by atoms with Crippen LogP contribution in [0.2, 0.25) is 0 Å². The van der Waals surface area contributed by atoms with Crippen molar-refractivity contribution in [1.82, 2.24) is 5.32 Å². The Morgan fingerprint density at radius 2 is 2.00 bits per heavy atom. The number of methoxy groups -OCH3 is 1. The van der Waals surface area contributed by atoms with Crippen LogP contribution in [0.25, 0.3) is 0 Å². The molecule has 1 rings (SSSR count). The van der Waals surface area contributed by atoms with Crippen LogP contribution in [-0.4, -0.2) is 25.7 Å². The van der Waals surface area contributed by atoms with Crippen molar-refractivity contribution in [1.29, 1.82) is 0 Å². The summed E-state index contributed by atoms with van der Waals surface area (Å²) in [5, 5.41) is 2.78. The highest BCUT2D eigenvalue weighted by Crippen LogP contribution is 2.17. The van der Waals surface area contributed by atoms with E-state index >= 15 is 0 Å². The molecule has 1 aromatic rings. The van der Waals surface area contributed by atoms with E-state index in [1.807, 2.05) is 37.3 Å². The molecule has 0 bridgehead atoms. The monoisotopic (exact) mass is 272 g/mol. The lowest BCUT2D eigenvalue weighted by atomic mass is 9.92. The first-order valence-corrected chi connectivity index (χ1v) is 5.64. The van der Waals surface area contributed by atoms with Gasteiger partial charge in [0.1, 0.15) is 5.54 Å². The molecular weight excluding hydrogens is 252 g/mol. The molecule has 0 radical (unpaired) electrons. The smallest absolute Gasteiger partial charge is 0.244 e. The molecule has 1 amide bonds. The SMILES string of the molecule is COC(C)CNC(=O)C(C)(N)c1ccccc1.Cl. The predicted octanol–water partition coefficient (Wildman–Crippen LogP) is 1.43. The second kappa shape index (κ2) is 7.36. The molecule has 0 aliphatic rings. The minimum atomic E-state index is -1.02.